The second-order valence-electron chi connectivity index (χ2n) is 8.31. The predicted octanol–water partition coefficient (Wildman–Crippen LogP) is 4.13. The molecule has 4 aromatic rings. The molecule has 0 radical (unpaired) electrons. The SMILES string of the molecule is Cc1cc(C(=O)N2CCC(n3c(COc4ccccc4)nc4ccccc43)CC2)n(C)n1. The van der Waals surface area contributed by atoms with Crippen molar-refractivity contribution in [3.05, 3.63) is 77.9 Å². The summed E-state index contributed by atoms with van der Waals surface area (Å²) in [6.07, 6.45) is 1.75. The van der Waals surface area contributed by atoms with E-state index < -0.39 is 0 Å². The van der Waals surface area contributed by atoms with Crippen LogP contribution in [0.5, 0.6) is 5.75 Å². The zero-order chi connectivity index (χ0) is 22.1. The summed E-state index contributed by atoms with van der Waals surface area (Å²) in [5, 5.41) is 4.32. The van der Waals surface area contributed by atoms with Gasteiger partial charge in [0.15, 0.2) is 0 Å². The Morgan fingerprint density at radius 3 is 2.50 bits per heavy atom. The number of carbonyl (C=O) groups is 1. The van der Waals surface area contributed by atoms with E-state index in [1.165, 1.54) is 0 Å². The van der Waals surface area contributed by atoms with Crippen LogP contribution in [0.4, 0.5) is 0 Å². The number of benzene rings is 2. The average Bonchev–Trinajstić information content (AvgIpc) is 3.36. The smallest absolute Gasteiger partial charge is 0.272 e. The molecule has 0 atom stereocenters. The zero-order valence-electron chi connectivity index (χ0n) is 18.4. The summed E-state index contributed by atoms with van der Waals surface area (Å²) in [6.45, 7) is 3.73. The van der Waals surface area contributed by atoms with Crippen molar-refractivity contribution in [3.63, 3.8) is 0 Å². The molecule has 0 bridgehead atoms. The molecule has 1 amide bonds. The van der Waals surface area contributed by atoms with E-state index in [4.69, 9.17) is 9.72 Å². The molecule has 0 N–H and O–H groups in total. The molecule has 1 fully saturated rings. The van der Waals surface area contributed by atoms with Gasteiger partial charge in [-0.25, -0.2) is 4.98 Å². The van der Waals surface area contributed by atoms with Crippen molar-refractivity contribution in [2.75, 3.05) is 13.1 Å². The highest BCUT2D eigenvalue weighted by Crippen LogP contribution is 2.30. The third-order valence-electron chi connectivity index (χ3n) is 6.12. The van der Waals surface area contributed by atoms with Gasteiger partial charge in [-0.1, -0.05) is 30.3 Å². The summed E-state index contributed by atoms with van der Waals surface area (Å²) < 4.78 is 10.0. The first-order valence-corrected chi connectivity index (χ1v) is 11.0. The number of likely N-dealkylation sites (tertiary alicyclic amines) is 1. The summed E-state index contributed by atoms with van der Waals surface area (Å²) in [7, 11) is 1.82. The molecule has 1 aliphatic rings. The van der Waals surface area contributed by atoms with Gasteiger partial charge in [-0.2, -0.15) is 5.10 Å². The largest absolute Gasteiger partial charge is 0.486 e. The number of rotatable bonds is 5. The molecular weight excluding hydrogens is 402 g/mol. The Morgan fingerprint density at radius 2 is 1.78 bits per heavy atom. The molecular formula is C25H27N5O2. The molecule has 2 aromatic heterocycles. The maximum absolute atomic E-state index is 13.0. The van der Waals surface area contributed by atoms with Crippen molar-refractivity contribution >= 4 is 16.9 Å². The van der Waals surface area contributed by atoms with Gasteiger partial charge in [-0.3, -0.25) is 9.48 Å². The third kappa shape index (κ3) is 3.86. The van der Waals surface area contributed by atoms with Gasteiger partial charge in [-0.05, 0) is 50.1 Å². The van der Waals surface area contributed by atoms with E-state index in [1.807, 2.05) is 73.5 Å². The van der Waals surface area contributed by atoms with Crippen LogP contribution in [-0.2, 0) is 13.7 Å². The Labute approximate surface area is 187 Å². The molecule has 32 heavy (non-hydrogen) atoms. The summed E-state index contributed by atoms with van der Waals surface area (Å²) >= 11 is 0. The fourth-order valence-corrected chi connectivity index (χ4v) is 4.57. The quantitative estimate of drug-likeness (QED) is 0.478. The highest BCUT2D eigenvalue weighted by atomic mass is 16.5. The van der Waals surface area contributed by atoms with E-state index in [2.05, 4.69) is 15.7 Å². The molecule has 0 saturated carbocycles. The van der Waals surface area contributed by atoms with Crippen LogP contribution in [0.25, 0.3) is 11.0 Å². The van der Waals surface area contributed by atoms with Gasteiger partial charge in [0.2, 0.25) is 0 Å². The maximum atomic E-state index is 13.0. The molecule has 7 nitrogen and oxygen atoms in total. The Hall–Kier alpha value is -3.61. The van der Waals surface area contributed by atoms with Gasteiger partial charge in [0, 0.05) is 26.2 Å². The number of ether oxygens (including phenoxy) is 1. The number of carbonyl (C=O) groups excluding carboxylic acids is 1. The molecule has 1 aliphatic heterocycles. The second kappa shape index (κ2) is 8.49. The number of nitrogens with zero attached hydrogens (tertiary/aromatic N) is 5. The van der Waals surface area contributed by atoms with Crippen LogP contribution < -0.4 is 4.74 Å². The Kier molecular flexibility index (Phi) is 5.39. The number of hydrogen-bond acceptors (Lipinski definition) is 4. The summed E-state index contributed by atoms with van der Waals surface area (Å²) in [5.41, 5.74) is 3.60. The van der Waals surface area contributed by atoms with E-state index in [-0.39, 0.29) is 11.9 Å². The first kappa shape index (κ1) is 20.3. The lowest BCUT2D eigenvalue weighted by Gasteiger charge is -2.33. The van der Waals surface area contributed by atoms with Crippen LogP contribution in [0.2, 0.25) is 0 Å². The number of imidazole rings is 1. The minimum Gasteiger partial charge on any atom is -0.486 e. The number of piperidine rings is 1. The summed E-state index contributed by atoms with van der Waals surface area (Å²) in [5.74, 6) is 1.80. The highest BCUT2D eigenvalue weighted by molar-refractivity contribution is 5.92. The zero-order valence-corrected chi connectivity index (χ0v) is 18.4. The van der Waals surface area contributed by atoms with E-state index in [0.29, 0.717) is 25.4 Å². The highest BCUT2D eigenvalue weighted by Gasteiger charge is 2.28. The van der Waals surface area contributed by atoms with Crippen LogP contribution in [0.15, 0.2) is 60.7 Å². The Balaban J connectivity index is 1.35. The van der Waals surface area contributed by atoms with Crippen molar-refractivity contribution in [1.82, 2.24) is 24.2 Å². The summed E-state index contributed by atoms with van der Waals surface area (Å²) in [6, 6.07) is 20.2. The fourth-order valence-electron chi connectivity index (χ4n) is 4.57. The van der Waals surface area contributed by atoms with Crippen LogP contribution >= 0.6 is 0 Å². The summed E-state index contributed by atoms with van der Waals surface area (Å²) in [4.78, 5) is 19.8. The number of hydrogen-bond donors (Lipinski definition) is 0. The predicted molar refractivity (Wildman–Crippen MR) is 123 cm³/mol. The van der Waals surface area contributed by atoms with E-state index in [0.717, 1.165) is 41.1 Å². The number of fused-ring (bicyclic) bond motifs is 1. The van der Waals surface area contributed by atoms with E-state index in [1.54, 1.807) is 4.68 Å². The van der Waals surface area contributed by atoms with Gasteiger partial charge in [0.25, 0.3) is 5.91 Å². The third-order valence-corrected chi connectivity index (χ3v) is 6.12. The topological polar surface area (TPSA) is 65.2 Å². The van der Waals surface area contributed by atoms with Gasteiger partial charge >= 0.3 is 0 Å². The van der Waals surface area contributed by atoms with E-state index >= 15 is 0 Å². The minimum atomic E-state index is 0.0506. The number of aryl methyl sites for hydroxylation is 2. The number of amides is 1. The first-order valence-electron chi connectivity index (χ1n) is 11.0. The molecule has 164 valence electrons. The minimum absolute atomic E-state index is 0.0506. The van der Waals surface area contributed by atoms with Crippen molar-refractivity contribution < 1.29 is 9.53 Å². The van der Waals surface area contributed by atoms with Crippen LogP contribution in [0, 0.1) is 6.92 Å². The average molecular weight is 430 g/mol. The van der Waals surface area contributed by atoms with E-state index in [9.17, 15) is 4.79 Å². The van der Waals surface area contributed by atoms with Crippen molar-refractivity contribution in [2.45, 2.75) is 32.4 Å². The molecule has 0 aliphatic carbocycles. The Morgan fingerprint density at radius 1 is 1.06 bits per heavy atom. The molecule has 0 spiro atoms. The van der Waals surface area contributed by atoms with Crippen LogP contribution in [0.3, 0.4) is 0 Å². The molecule has 7 heteroatoms. The standard InChI is InChI=1S/C25H27N5O2/c1-18-16-23(28(2)27-18)25(31)29-14-12-19(13-15-29)30-22-11-7-6-10-21(22)26-24(30)17-32-20-8-4-3-5-9-20/h3-11,16,19H,12-15,17H2,1-2H3. The number of para-hydroxylation sites is 3. The molecule has 2 aromatic carbocycles. The molecule has 3 heterocycles. The molecule has 1 saturated heterocycles. The van der Waals surface area contributed by atoms with Gasteiger partial charge < -0.3 is 14.2 Å². The van der Waals surface area contributed by atoms with Gasteiger partial charge in [0.1, 0.15) is 23.9 Å². The van der Waals surface area contributed by atoms with Crippen molar-refractivity contribution in [2.24, 2.45) is 7.05 Å². The lowest BCUT2D eigenvalue weighted by atomic mass is 10.0. The Bertz CT molecular complexity index is 1240. The first-order chi connectivity index (χ1) is 15.6. The van der Waals surface area contributed by atoms with Gasteiger partial charge in [-0.15, -0.1) is 0 Å². The molecule has 0 unspecified atom stereocenters. The second-order valence-corrected chi connectivity index (χ2v) is 8.31. The fraction of sp³-hybridized carbons (Fsp3) is 0.320. The monoisotopic (exact) mass is 429 g/mol. The van der Waals surface area contributed by atoms with Crippen LogP contribution in [-0.4, -0.2) is 43.2 Å². The normalized spacial score (nSPS) is 14.8. The van der Waals surface area contributed by atoms with Crippen LogP contribution in [0.1, 0.15) is 40.9 Å². The van der Waals surface area contributed by atoms with Crippen molar-refractivity contribution in [1.29, 1.82) is 0 Å². The number of aromatic nitrogens is 4. The lowest BCUT2D eigenvalue weighted by Crippen LogP contribution is -2.40. The lowest BCUT2D eigenvalue weighted by molar-refractivity contribution is 0.0682. The van der Waals surface area contributed by atoms with Crippen molar-refractivity contribution in [3.8, 4) is 5.75 Å². The molecule has 5 rings (SSSR count). The maximum Gasteiger partial charge on any atom is 0.272 e. The van der Waals surface area contributed by atoms with Gasteiger partial charge in [0.05, 0.1) is 16.7 Å².